The first-order valence-corrected chi connectivity index (χ1v) is 9.09. The average molecular weight is 365 g/mol. The van der Waals surface area contributed by atoms with Crippen molar-refractivity contribution in [2.24, 2.45) is 11.8 Å². The molecule has 0 spiro atoms. The predicted molar refractivity (Wildman–Crippen MR) is 101 cm³/mol. The molecule has 1 fully saturated rings. The smallest absolute Gasteiger partial charge is 0.266 e. The quantitative estimate of drug-likeness (QED) is 0.755. The topological polar surface area (TPSA) is 64.0 Å². The van der Waals surface area contributed by atoms with E-state index in [0.717, 1.165) is 12.8 Å². The Morgan fingerprint density at radius 3 is 2.63 bits per heavy atom. The highest BCUT2D eigenvalue weighted by Gasteiger charge is 2.32. The lowest BCUT2D eigenvalue weighted by atomic mass is 10.1. The van der Waals surface area contributed by atoms with Crippen molar-refractivity contribution < 1.29 is 9.18 Å². The number of benzene rings is 2. The Labute approximate surface area is 155 Å². The van der Waals surface area contributed by atoms with Crippen molar-refractivity contribution in [3.63, 3.8) is 0 Å². The summed E-state index contributed by atoms with van der Waals surface area (Å²) in [6.45, 7) is 2.06. The molecule has 6 heteroatoms. The van der Waals surface area contributed by atoms with Gasteiger partial charge in [0.2, 0.25) is 5.91 Å². The number of rotatable bonds is 5. The normalized spacial score (nSPS) is 14.9. The number of carbonyl (C=O) groups is 1. The molecule has 138 valence electrons. The van der Waals surface area contributed by atoms with Crippen LogP contribution < -0.4 is 10.9 Å². The zero-order valence-electron chi connectivity index (χ0n) is 15.0. The third-order valence-electron chi connectivity index (χ3n) is 5.09. The monoisotopic (exact) mass is 365 g/mol. The van der Waals surface area contributed by atoms with Gasteiger partial charge < -0.3 is 5.32 Å². The largest absolute Gasteiger partial charge is 0.349 e. The highest BCUT2D eigenvalue weighted by atomic mass is 19.1. The van der Waals surface area contributed by atoms with E-state index in [0.29, 0.717) is 28.3 Å². The maximum atomic E-state index is 13.3. The van der Waals surface area contributed by atoms with Gasteiger partial charge in [0.15, 0.2) is 0 Å². The van der Waals surface area contributed by atoms with Crippen LogP contribution in [0.25, 0.3) is 16.6 Å². The van der Waals surface area contributed by atoms with Crippen LogP contribution in [-0.4, -0.2) is 15.5 Å². The molecule has 1 N–H and O–H groups in total. The third kappa shape index (κ3) is 3.47. The molecule has 1 saturated carbocycles. The van der Waals surface area contributed by atoms with Crippen molar-refractivity contribution in [1.29, 1.82) is 0 Å². The molecule has 0 aliphatic heterocycles. The van der Waals surface area contributed by atoms with Crippen LogP contribution in [0.5, 0.6) is 0 Å². The Hall–Kier alpha value is -3.02. The summed E-state index contributed by atoms with van der Waals surface area (Å²) < 4.78 is 14.8. The van der Waals surface area contributed by atoms with E-state index >= 15 is 0 Å². The first-order chi connectivity index (χ1) is 13.0. The van der Waals surface area contributed by atoms with E-state index in [1.807, 2.05) is 13.0 Å². The Morgan fingerprint density at radius 1 is 1.22 bits per heavy atom. The number of nitrogens with zero attached hydrogens (tertiary/aromatic N) is 2. The van der Waals surface area contributed by atoms with E-state index in [-0.39, 0.29) is 29.7 Å². The maximum absolute atomic E-state index is 13.3. The van der Waals surface area contributed by atoms with Crippen LogP contribution in [0, 0.1) is 17.7 Å². The SMILES string of the molecule is CC(C(=O)NCc1nc2ccccc2c(=O)n1-c1ccc(F)cc1)C1CC1. The van der Waals surface area contributed by atoms with Gasteiger partial charge in [0.05, 0.1) is 23.1 Å². The Morgan fingerprint density at radius 2 is 1.93 bits per heavy atom. The minimum atomic E-state index is -0.381. The lowest BCUT2D eigenvalue weighted by Gasteiger charge is -2.16. The second-order valence-corrected chi connectivity index (χ2v) is 7.01. The zero-order chi connectivity index (χ0) is 19.0. The second kappa shape index (κ2) is 6.95. The highest BCUT2D eigenvalue weighted by Crippen LogP contribution is 2.36. The molecule has 1 amide bonds. The predicted octanol–water partition coefficient (Wildman–Crippen LogP) is 3.19. The molecule has 4 rings (SSSR count). The molecule has 5 nitrogen and oxygen atoms in total. The molecule has 1 aliphatic carbocycles. The first kappa shape index (κ1) is 17.4. The molecule has 0 bridgehead atoms. The zero-order valence-corrected chi connectivity index (χ0v) is 15.0. The van der Waals surface area contributed by atoms with Gasteiger partial charge in [-0.3, -0.25) is 14.2 Å². The Kier molecular flexibility index (Phi) is 4.48. The molecule has 27 heavy (non-hydrogen) atoms. The minimum absolute atomic E-state index is 0.0365. The molecular formula is C21H20FN3O2. The number of hydrogen-bond acceptors (Lipinski definition) is 3. The number of fused-ring (bicyclic) bond motifs is 1. The third-order valence-corrected chi connectivity index (χ3v) is 5.09. The molecular weight excluding hydrogens is 345 g/mol. The van der Waals surface area contributed by atoms with Gasteiger partial charge >= 0.3 is 0 Å². The molecule has 2 aromatic carbocycles. The van der Waals surface area contributed by atoms with Crippen molar-refractivity contribution in [3.8, 4) is 5.69 Å². The molecule has 1 atom stereocenters. The van der Waals surface area contributed by atoms with Gasteiger partial charge in [-0.1, -0.05) is 19.1 Å². The van der Waals surface area contributed by atoms with E-state index in [2.05, 4.69) is 10.3 Å². The molecule has 1 heterocycles. The van der Waals surface area contributed by atoms with Crippen LogP contribution >= 0.6 is 0 Å². The van der Waals surface area contributed by atoms with E-state index in [1.54, 1.807) is 18.2 Å². The van der Waals surface area contributed by atoms with Gasteiger partial charge in [-0.25, -0.2) is 9.37 Å². The summed E-state index contributed by atoms with van der Waals surface area (Å²) in [5, 5.41) is 3.37. The van der Waals surface area contributed by atoms with Crippen molar-refractivity contribution in [1.82, 2.24) is 14.9 Å². The molecule has 0 saturated heterocycles. The van der Waals surface area contributed by atoms with Crippen LogP contribution in [0.4, 0.5) is 4.39 Å². The Balaban J connectivity index is 1.75. The van der Waals surface area contributed by atoms with Crippen LogP contribution in [0.3, 0.4) is 0 Å². The fraction of sp³-hybridized carbons (Fsp3) is 0.286. The van der Waals surface area contributed by atoms with E-state index in [9.17, 15) is 14.0 Å². The van der Waals surface area contributed by atoms with Crippen molar-refractivity contribution in [3.05, 3.63) is 70.5 Å². The van der Waals surface area contributed by atoms with Crippen LogP contribution in [-0.2, 0) is 11.3 Å². The summed E-state index contributed by atoms with van der Waals surface area (Å²) >= 11 is 0. The summed E-state index contributed by atoms with van der Waals surface area (Å²) in [4.78, 5) is 30.0. The highest BCUT2D eigenvalue weighted by molar-refractivity contribution is 5.79. The number of amides is 1. The summed E-state index contributed by atoms with van der Waals surface area (Å²) in [7, 11) is 0. The van der Waals surface area contributed by atoms with Crippen molar-refractivity contribution >= 4 is 16.8 Å². The van der Waals surface area contributed by atoms with Gasteiger partial charge in [-0.05, 0) is 55.2 Å². The fourth-order valence-corrected chi connectivity index (χ4v) is 3.29. The summed E-state index contributed by atoms with van der Waals surface area (Å²) in [5.74, 6) is 0.409. The van der Waals surface area contributed by atoms with Gasteiger partial charge in [-0.15, -0.1) is 0 Å². The van der Waals surface area contributed by atoms with E-state index in [4.69, 9.17) is 0 Å². The lowest BCUT2D eigenvalue weighted by Crippen LogP contribution is -2.33. The first-order valence-electron chi connectivity index (χ1n) is 9.09. The van der Waals surface area contributed by atoms with Gasteiger partial charge in [0.25, 0.3) is 5.56 Å². The van der Waals surface area contributed by atoms with Crippen LogP contribution in [0.1, 0.15) is 25.6 Å². The number of aromatic nitrogens is 2. The lowest BCUT2D eigenvalue weighted by molar-refractivity contribution is -0.125. The number of nitrogens with one attached hydrogen (secondary N) is 1. The van der Waals surface area contributed by atoms with Gasteiger partial charge in [0, 0.05) is 5.92 Å². The molecule has 0 radical (unpaired) electrons. The Bertz CT molecular complexity index is 1060. The summed E-state index contributed by atoms with van der Waals surface area (Å²) in [6, 6.07) is 12.7. The van der Waals surface area contributed by atoms with Crippen LogP contribution in [0.2, 0.25) is 0 Å². The van der Waals surface area contributed by atoms with Gasteiger partial charge in [-0.2, -0.15) is 0 Å². The fourth-order valence-electron chi connectivity index (χ4n) is 3.29. The number of para-hydroxylation sites is 1. The van der Waals surface area contributed by atoms with E-state index in [1.165, 1.54) is 28.8 Å². The second-order valence-electron chi connectivity index (χ2n) is 7.01. The molecule has 1 unspecified atom stereocenters. The summed E-state index contributed by atoms with van der Waals surface area (Å²) in [6.07, 6.45) is 2.17. The standard InChI is InChI=1S/C21H20FN3O2/c1-13(14-6-7-14)20(26)23-12-19-24-18-5-3-2-4-17(18)21(27)25(19)16-10-8-15(22)9-11-16/h2-5,8-11,13-14H,6-7,12H2,1H3,(H,23,26). The van der Waals surface area contributed by atoms with Crippen molar-refractivity contribution in [2.45, 2.75) is 26.3 Å². The van der Waals surface area contributed by atoms with E-state index < -0.39 is 0 Å². The van der Waals surface area contributed by atoms with Crippen LogP contribution in [0.15, 0.2) is 53.3 Å². The number of halogens is 1. The number of hydrogen-bond donors (Lipinski definition) is 1. The van der Waals surface area contributed by atoms with Crippen molar-refractivity contribution in [2.75, 3.05) is 0 Å². The number of carbonyl (C=O) groups excluding carboxylic acids is 1. The van der Waals surface area contributed by atoms with Gasteiger partial charge in [0.1, 0.15) is 11.6 Å². The molecule has 3 aromatic rings. The average Bonchev–Trinajstić information content (AvgIpc) is 3.52. The summed E-state index contributed by atoms with van der Waals surface area (Å²) in [5.41, 5.74) is 0.839. The maximum Gasteiger partial charge on any atom is 0.266 e. The molecule has 1 aliphatic rings. The molecule has 1 aromatic heterocycles. The minimum Gasteiger partial charge on any atom is -0.349 e.